The molecule has 0 spiro atoms. The van der Waals surface area contributed by atoms with Crippen LogP contribution in [-0.4, -0.2) is 61.0 Å². The molecule has 0 atom stereocenters. The molecule has 6 nitrogen and oxygen atoms in total. The number of aliphatic hydroxyl groups excluding tert-OH is 1. The highest BCUT2D eigenvalue weighted by atomic mass is 16.7. The van der Waals surface area contributed by atoms with Crippen molar-refractivity contribution < 1.29 is 14.6 Å². The third-order valence-corrected chi connectivity index (χ3v) is 4.08. The summed E-state index contributed by atoms with van der Waals surface area (Å²) in [5.41, 5.74) is 8.92. The Balaban J connectivity index is 1.67. The average molecular weight is 293 g/mol. The summed E-state index contributed by atoms with van der Waals surface area (Å²) in [4.78, 5) is 4.69. The van der Waals surface area contributed by atoms with Crippen molar-refractivity contribution >= 4 is 5.69 Å². The van der Waals surface area contributed by atoms with E-state index in [-0.39, 0.29) is 6.61 Å². The lowest BCUT2D eigenvalue weighted by molar-refractivity contribution is -0.0176. The lowest BCUT2D eigenvalue weighted by Gasteiger charge is -2.35. The van der Waals surface area contributed by atoms with E-state index >= 15 is 0 Å². The molecular weight excluding hydrogens is 270 g/mol. The summed E-state index contributed by atoms with van der Waals surface area (Å²) in [5, 5.41) is 8.99. The smallest absolute Gasteiger partial charge is 0.189 e. The Labute approximate surface area is 125 Å². The standard InChI is InChI=1S/C15H23N3O3/c16-14-7-12(15-13(8-14)10-20-11-21-15)9-18-3-1-17(2-4-18)5-6-19/h7-8,19H,1-6,9-11,16H2. The molecule has 116 valence electrons. The molecule has 3 N–H and O–H groups in total. The molecule has 2 aliphatic heterocycles. The first kappa shape index (κ1) is 14.6. The molecule has 2 aliphatic rings. The minimum atomic E-state index is 0.233. The van der Waals surface area contributed by atoms with Crippen LogP contribution < -0.4 is 10.5 Å². The quantitative estimate of drug-likeness (QED) is 0.775. The van der Waals surface area contributed by atoms with Gasteiger partial charge in [0.2, 0.25) is 0 Å². The van der Waals surface area contributed by atoms with E-state index < -0.39 is 0 Å². The Kier molecular flexibility index (Phi) is 4.60. The van der Waals surface area contributed by atoms with Crippen molar-refractivity contribution in [3.05, 3.63) is 23.3 Å². The molecule has 0 amide bonds. The molecule has 1 fully saturated rings. The molecule has 1 aromatic carbocycles. The van der Waals surface area contributed by atoms with Gasteiger partial charge in [0.1, 0.15) is 5.75 Å². The second kappa shape index (κ2) is 6.62. The van der Waals surface area contributed by atoms with Crippen LogP contribution in [0.15, 0.2) is 12.1 Å². The monoisotopic (exact) mass is 293 g/mol. The first-order chi connectivity index (χ1) is 10.3. The predicted octanol–water partition coefficient (Wildman–Crippen LogP) is 0.245. The highest BCUT2D eigenvalue weighted by Crippen LogP contribution is 2.31. The summed E-state index contributed by atoms with van der Waals surface area (Å²) < 4.78 is 11.0. The summed E-state index contributed by atoms with van der Waals surface area (Å²) in [6.45, 7) is 6.72. The maximum Gasteiger partial charge on any atom is 0.189 e. The number of piperazine rings is 1. The molecule has 0 saturated carbocycles. The van der Waals surface area contributed by atoms with Gasteiger partial charge in [-0.3, -0.25) is 9.80 Å². The van der Waals surface area contributed by atoms with E-state index in [1.165, 1.54) is 0 Å². The fourth-order valence-corrected chi connectivity index (χ4v) is 3.00. The van der Waals surface area contributed by atoms with E-state index in [4.69, 9.17) is 20.3 Å². The number of nitrogens with two attached hydrogens (primary N) is 1. The number of nitrogens with zero attached hydrogens (tertiary/aromatic N) is 2. The van der Waals surface area contributed by atoms with Crippen LogP contribution in [0.1, 0.15) is 11.1 Å². The number of fused-ring (bicyclic) bond motifs is 1. The number of aliphatic hydroxyl groups is 1. The highest BCUT2D eigenvalue weighted by Gasteiger charge is 2.21. The summed E-state index contributed by atoms with van der Waals surface area (Å²) in [7, 11) is 0. The number of anilines is 1. The minimum absolute atomic E-state index is 0.233. The molecule has 21 heavy (non-hydrogen) atoms. The Bertz CT molecular complexity index is 487. The van der Waals surface area contributed by atoms with Crippen LogP contribution >= 0.6 is 0 Å². The molecule has 1 saturated heterocycles. The molecular formula is C15H23N3O3. The Hall–Kier alpha value is -1.34. The SMILES string of the molecule is Nc1cc2c(c(CN3CCN(CCO)CC3)c1)OCOC2. The van der Waals surface area contributed by atoms with Gasteiger partial charge in [-0.1, -0.05) is 0 Å². The first-order valence-corrected chi connectivity index (χ1v) is 7.43. The maximum atomic E-state index is 8.99. The van der Waals surface area contributed by atoms with E-state index in [0.29, 0.717) is 13.4 Å². The van der Waals surface area contributed by atoms with Gasteiger partial charge in [0, 0.05) is 56.1 Å². The van der Waals surface area contributed by atoms with Crippen LogP contribution in [0, 0.1) is 0 Å². The molecule has 0 radical (unpaired) electrons. The van der Waals surface area contributed by atoms with Gasteiger partial charge in [-0.25, -0.2) is 0 Å². The van der Waals surface area contributed by atoms with Crippen molar-refractivity contribution in [2.45, 2.75) is 13.2 Å². The lowest BCUT2D eigenvalue weighted by atomic mass is 10.1. The zero-order valence-electron chi connectivity index (χ0n) is 12.3. The van der Waals surface area contributed by atoms with Gasteiger partial charge in [0.05, 0.1) is 13.2 Å². The summed E-state index contributed by atoms with van der Waals surface area (Å²) >= 11 is 0. The first-order valence-electron chi connectivity index (χ1n) is 7.43. The van der Waals surface area contributed by atoms with Crippen LogP contribution in [0.4, 0.5) is 5.69 Å². The van der Waals surface area contributed by atoms with Crippen LogP contribution in [0.3, 0.4) is 0 Å². The van der Waals surface area contributed by atoms with Crippen molar-refractivity contribution in [2.75, 3.05) is 51.9 Å². The van der Waals surface area contributed by atoms with Crippen LogP contribution in [0.2, 0.25) is 0 Å². The van der Waals surface area contributed by atoms with Crippen molar-refractivity contribution in [3.8, 4) is 5.75 Å². The summed E-state index contributed by atoms with van der Waals surface area (Å²) in [5.74, 6) is 0.938. The second-order valence-electron chi connectivity index (χ2n) is 5.62. The third kappa shape index (κ3) is 3.47. The van der Waals surface area contributed by atoms with Crippen molar-refractivity contribution in [3.63, 3.8) is 0 Å². The molecule has 0 unspecified atom stereocenters. The van der Waals surface area contributed by atoms with Crippen LogP contribution in [0.25, 0.3) is 0 Å². The number of nitrogen functional groups attached to an aromatic ring is 1. The number of β-amino-alcohol motifs (C(OH)–C–C–N with tert-alkyl or cyclic N) is 1. The Morgan fingerprint density at radius 3 is 2.67 bits per heavy atom. The Morgan fingerprint density at radius 1 is 1.14 bits per heavy atom. The van der Waals surface area contributed by atoms with Crippen molar-refractivity contribution in [1.29, 1.82) is 0 Å². The molecule has 2 heterocycles. The van der Waals surface area contributed by atoms with Gasteiger partial charge in [-0.05, 0) is 12.1 Å². The zero-order chi connectivity index (χ0) is 14.7. The average Bonchev–Trinajstić information content (AvgIpc) is 2.49. The van der Waals surface area contributed by atoms with Crippen molar-refractivity contribution in [2.24, 2.45) is 0 Å². The van der Waals surface area contributed by atoms with E-state index in [2.05, 4.69) is 9.80 Å². The minimum Gasteiger partial charge on any atom is -0.467 e. The predicted molar refractivity (Wildman–Crippen MR) is 79.9 cm³/mol. The molecule has 0 aromatic heterocycles. The summed E-state index contributed by atoms with van der Waals surface area (Å²) in [6.07, 6.45) is 0. The lowest BCUT2D eigenvalue weighted by Crippen LogP contribution is -2.46. The van der Waals surface area contributed by atoms with Gasteiger partial charge in [-0.2, -0.15) is 0 Å². The van der Waals surface area contributed by atoms with E-state index in [1.807, 2.05) is 12.1 Å². The largest absolute Gasteiger partial charge is 0.467 e. The molecule has 3 rings (SSSR count). The summed E-state index contributed by atoms with van der Waals surface area (Å²) in [6, 6.07) is 3.93. The van der Waals surface area contributed by atoms with Crippen LogP contribution in [-0.2, 0) is 17.9 Å². The third-order valence-electron chi connectivity index (χ3n) is 4.08. The molecule has 0 aliphatic carbocycles. The number of benzene rings is 1. The molecule has 1 aromatic rings. The highest BCUT2D eigenvalue weighted by molar-refractivity contribution is 5.53. The second-order valence-corrected chi connectivity index (χ2v) is 5.62. The van der Waals surface area contributed by atoms with Gasteiger partial charge in [0.15, 0.2) is 6.79 Å². The van der Waals surface area contributed by atoms with E-state index in [1.54, 1.807) is 0 Å². The van der Waals surface area contributed by atoms with Gasteiger partial charge >= 0.3 is 0 Å². The van der Waals surface area contributed by atoms with Crippen molar-refractivity contribution in [1.82, 2.24) is 9.80 Å². The molecule has 0 bridgehead atoms. The number of hydrogen-bond donors (Lipinski definition) is 2. The normalized spacial score (nSPS) is 20.0. The topological polar surface area (TPSA) is 71.2 Å². The van der Waals surface area contributed by atoms with Gasteiger partial charge in [-0.15, -0.1) is 0 Å². The molecule has 6 heteroatoms. The fourth-order valence-electron chi connectivity index (χ4n) is 3.00. The van der Waals surface area contributed by atoms with E-state index in [0.717, 1.165) is 61.8 Å². The zero-order valence-corrected chi connectivity index (χ0v) is 12.3. The number of hydrogen-bond acceptors (Lipinski definition) is 6. The van der Waals surface area contributed by atoms with Gasteiger partial charge in [0.25, 0.3) is 0 Å². The Morgan fingerprint density at radius 2 is 1.90 bits per heavy atom. The fraction of sp³-hybridized carbons (Fsp3) is 0.600. The maximum absolute atomic E-state index is 8.99. The van der Waals surface area contributed by atoms with Crippen LogP contribution in [0.5, 0.6) is 5.75 Å². The van der Waals surface area contributed by atoms with E-state index in [9.17, 15) is 0 Å². The number of ether oxygens (including phenoxy) is 2. The number of rotatable bonds is 4. The van der Waals surface area contributed by atoms with Gasteiger partial charge < -0.3 is 20.3 Å².